The molecule has 0 amide bonds. The van der Waals surface area contributed by atoms with Gasteiger partial charge in [0.2, 0.25) is 0 Å². The number of unbranched alkanes of at least 4 members (excludes halogenated alkanes) is 1. The van der Waals surface area contributed by atoms with Crippen LogP contribution in [0.15, 0.2) is 30.3 Å². The van der Waals surface area contributed by atoms with Gasteiger partial charge in [-0.1, -0.05) is 37.3 Å². The zero-order valence-electron chi connectivity index (χ0n) is 11.3. The summed E-state index contributed by atoms with van der Waals surface area (Å²) in [6, 6.07) is 10.8. The van der Waals surface area contributed by atoms with Crippen LogP contribution in [-0.4, -0.2) is 29.9 Å². The van der Waals surface area contributed by atoms with E-state index in [0.717, 1.165) is 6.54 Å². The van der Waals surface area contributed by atoms with Crippen LogP contribution in [0, 0.1) is 5.92 Å². The second kappa shape index (κ2) is 7.16. The van der Waals surface area contributed by atoms with E-state index in [4.69, 9.17) is 11.6 Å². The van der Waals surface area contributed by atoms with Crippen LogP contribution in [0.2, 0.25) is 0 Å². The summed E-state index contributed by atoms with van der Waals surface area (Å²) < 4.78 is 0. The number of aryl methyl sites for hydroxylation is 1. The minimum absolute atomic E-state index is 0.355. The smallest absolute Gasteiger partial charge is 0.0489 e. The first-order valence-electron chi connectivity index (χ1n) is 7.16. The van der Waals surface area contributed by atoms with Crippen molar-refractivity contribution in [2.45, 2.75) is 38.0 Å². The Morgan fingerprint density at radius 1 is 1.22 bits per heavy atom. The van der Waals surface area contributed by atoms with Crippen molar-refractivity contribution in [3.05, 3.63) is 35.9 Å². The van der Waals surface area contributed by atoms with Gasteiger partial charge in [0.15, 0.2) is 0 Å². The van der Waals surface area contributed by atoms with Gasteiger partial charge in [0.05, 0.1) is 0 Å². The van der Waals surface area contributed by atoms with Crippen LogP contribution in [0.4, 0.5) is 0 Å². The van der Waals surface area contributed by atoms with Crippen molar-refractivity contribution < 1.29 is 0 Å². The predicted octanol–water partition coefficient (Wildman–Crippen LogP) is 3.96. The van der Waals surface area contributed by atoms with Crippen LogP contribution in [-0.2, 0) is 6.42 Å². The molecule has 0 saturated carbocycles. The van der Waals surface area contributed by atoms with E-state index < -0.39 is 0 Å². The van der Waals surface area contributed by atoms with Gasteiger partial charge in [-0.05, 0) is 50.3 Å². The number of nitrogens with zero attached hydrogens (tertiary/aromatic N) is 1. The molecule has 18 heavy (non-hydrogen) atoms. The van der Waals surface area contributed by atoms with E-state index in [-0.39, 0.29) is 0 Å². The molecule has 0 radical (unpaired) electrons. The first-order chi connectivity index (χ1) is 8.75. The molecular formula is C16H24ClN. The Balaban J connectivity index is 1.61. The monoisotopic (exact) mass is 265 g/mol. The average Bonchev–Trinajstić information content (AvgIpc) is 2.40. The molecule has 1 aliphatic rings. The van der Waals surface area contributed by atoms with Crippen LogP contribution in [0.3, 0.4) is 0 Å². The summed E-state index contributed by atoms with van der Waals surface area (Å²) in [5.41, 5.74) is 1.46. The first kappa shape index (κ1) is 13.9. The van der Waals surface area contributed by atoms with Gasteiger partial charge in [0.1, 0.15) is 0 Å². The second-order valence-corrected chi connectivity index (χ2v) is 6.09. The van der Waals surface area contributed by atoms with Gasteiger partial charge in [-0.25, -0.2) is 0 Å². The maximum atomic E-state index is 6.33. The molecule has 1 saturated heterocycles. The van der Waals surface area contributed by atoms with Crippen molar-refractivity contribution in [3.8, 4) is 0 Å². The van der Waals surface area contributed by atoms with Crippen molar-refractivity contribution in [1.82, 2.24) is 4.90 Å². The van der Waals surface area contributed by atoms with E-state index in [0.29, 0.717) is 11.3 Å². The van der Waals surface area contributed by atoms with E-state index in [1.54, 1.807) is 0 Å². The molecule has 1 aromatic carbocycles. The van der Waals surface area contributed by atoms with Gasteiger partial charge in [0, 0.05) is 11.9 Å². The molecule has 0 spiro atoms. The predicted molar refractivity (Wildman–Crippen MR) is 79.2 cm³/mol. The maximum Gasteiger partial charge on any atom is 0.0489 e. The molecule has 2 atom stereocenters. The van der Waals surface area contributed by atoms with Crippen molar-refractivity contribution in [3.63, 3.8) is 0 Å². The Morgan fingerprint density at radius 3 is 2.72 bits per heavy atom. The Kier molecular flexibility index (Phi) is 5.52. The molecule has 1 fully saturated rings. The molecule has 1 aliphatic heterocycles. The van der Waals surface area contributed by atoms with Crippen LogP contribution >= 0.6 is 11.6 Å². The highest BCUT2D eigenvalue weighted by molar-refractivity contribution is 6.21. The van der Waals surface area contributed by atoms with Gasteiger partial charge in [0.25, 0.3) is 0 Å². The molecule has 2 unspecified atom stereocenters. The van der Waals surface area contributed by atoms with E-state index in [1.165, 1.54) is 44.3 Å². The average molecular weight is 266 g/mol. The molecule has 0 N–H and O–H groups in total. The quantitative estimate of drug-likeness (QED) is 0.575. The number of piperidine rings is 1. The molecule has 0 bridgehead atoms. The molecule has 1 aromatic rings. The summed E-state index contributed by atoms with van der Waals surface area (Å²) in [4.78, 5) is 2.53. The van der Waals surface area contributed by atoms with E-state index >= 15 is 0 Å². The number of hydrogen-bond donors (Lipinski definition) is 0. The summed E-state index contributed by atoms with van der Waals surface area (Å²) in [7, 11) is 0. The normalized spacial score (nSPS) is 25.2. The summed E-state index contributed by atoms with van der Waals surface area (Å²) in [5, 5.41) is 0.355. The molecule has 1 heterocycles. The second-order valence-electron chi connectivity index (χ2n) is 5.53. The first-order valence-corrected chi connectivity index (χ1v) is 7.59. The van der Waals surface area contributed by atoms with Crippen LogP contribution in [0.1, 0.15) is 31.7 Å². The zero-order chi connectivity index (χ0) is 12.8. The number of hydrogen-bond acceptors (Lipinski definition) is 1. The largest absolute Gasteiger partial charge is 0.302 e. The molecule has 0 aromatic heterocycles. The Bertz CT molecular complexity index is 338. The van der Waals surface area contributed by atoms with Gasteiger partial charge in [-0.2, -0.15) is 0 Å². The maximum absolute atomic E-state index is 6.33. The minimum Gasteiger partial charge on any atom is -0.302 e. The van der Waals surface area contributed by atoms with Crippen molar-refractivity contribution >= 4 is 11.6 Å². The standard InChI is InChI=1S/C16H24ClN/c1-14-10-12-18(13-16(14)17)11-6-5-9-15-7-3-2-4-8-15/h2-4,7-8,14,16H,5-6,9-13H2,1H3. The van der Waals surface area contributed by atoms with E-state index in [1.807, 2.05) is 0 Å². The fourth-order valence-electron chi connectivity index (χ4n) is 2.60. The van der Waals surface area contributed by atoms with E-state index in [2.05, 4.69) is 42.2 Å². The van der Waals surface area contributed by atoms with Gasteiger partial charge in [-0.3, -0.25) is 0 Å². The summed E-state index contributed by atoms with van der Waals surface area (Å²) in [5.74, 6) is 0.687. The lowest BCUT2D eigenvalue weighted by atomic mass is 9.98. The van der Waals surface area contributed by atoms with Crippen molar-refractivity contribution in [2.75, 3.05) is 19.6 Å². The summed E-state index contributed by atoms with van der Waals surface area (Å²) in [6.07, 6.45) is 5.03. The molecule has 1 nitrogen and oxygen atoms in total. The lowest BCUT2D eigenvalue weighted by Crippen LogP contribution is -2.40. The number of alkyl halides is 1. The third-order valence-corrected chi connectivity index (χ3v) is 4.55. The van der Waals surface area contributed by atoms with Crippen LogP contribution in [0.5, 0.6) is 0 Å². The fourth-order valence-corrected chi connectivity index (χ4v) is 2.92. The van der Waals surface area contributed by atoms with Gasteiger partial charge >= 0.3 is 0 Å². The van der Waals surface area contributed by atoms with Crippen LogP contribution in [0.25, 0.3) is 0 Å². The Hall–Kier alpha value is -0.530. The molecule has 2 rings (SSSR count). The molecular weight excluding hydrogens is 242 g/mol. The molecule has 0 aliphatic carbocycles. The molecule has 100 valence electrons. The molecule has 2 heteroatoms. The summed E-state index contributed by atoms with van der Waals surface area (Å²) >= 11 is 6.33. The summed E-state index contributed by atoms with van der Waals surface area (Å²) in [6.45, 7) is 5.79. The van der Waals surface area contributed by atoms with E-state index in [9.17, 15) is 0 Å². The number of benzene rings is 1. The number of rotatable bonds is 5. The highest BCUT2D eigenvalue weighted by atomic mass is 35.5. The third kappa shape index (κ3) is 4.29. The highest BCUT2D eigenvalue weighted by Gasteiger charge is 2.23. The number of likely N-dealkylation sites (tertiary alicyclic amines) is 1. The SMILES string of the molecule is CC1CCN(CCCCc2ccccc2)CC1Cl. The van der Waals surface area contributed by atoms with Crippen LogP contribution < -0.4 is 0 Å². The Labute approximate surface area is 116 Å². The lowest BCUT2D eigenvalue weighted by molar-refractivity contribution is 0.193. The van der Waals surface area contributed by atoms with Crippen molar-refractivity contribution in [2.24, 2.45) is 5.92 Å². The van der Waals surface area contributed by atoms with Gasteiger partial charge in [-0.15, -0.1) is 11.6 Å². The van der Waals surface area contributed by atoms with Crippen molar-refractivity contribution in [1.29, 1.82) is 0 Å². The number of halogens is 1. The third-order valence-electron chi connectivity index (χ3n) is 3.98. The minimum atomic E-state index is 0.355. The topological polar surface area (TPSA) is 3.24 Å². The van der Waals surface area contributed by atoms with Gasteiger partial charge < -0.3 is 4.90 Å². The zero-order valence-corrected chi connectivity index (χ0v) is 12.1. The fraction of sp³-hybridized carbons (Fsp3) is 0.625. The Morgan fingerprint density at radius 2 is 2.00 bits per heavy atom. The lowest BCUT2D eigenvalue weighted by Gasteiger charge is -2.33. The highest BCUT2D eigenvalue weighted by Crippen LogP contribution is 2.21.